The largest absolute Gasteiger partial charge is 0.472 e. The Labute approximate surface area is 149 Å². The first-order valence-electron chi connectivity index (χ1n) is 9.08. The van der Waals surface area contributed by atoms with Crippen molar-refractivity contribution in [2.75, 3.05) is 7.11 Å². The Kier molecular flexibility index (Phi) is 4.92. The molecule has 1 aromatic heterocycles. The van der Waals surface area contributed by atoms with Crippen LogP contribution in [0.25, 0.3) is 0 Å². The smallest absolute Gasteiger partial charge is 0.333 e. The van der Waals surface area contributed by atoms with Gasteiger partial charge in [-0.3, -0.25) is 0 Å². The lowest BCUT2D eigenvalue weighted by atomic mass is 9.53. The normalized spacial score (nSPS) is 34.8. The van der Waals surface area contributed by atoms with Crippen LogP contribution in [-0.4, -0.2) is 23.8 Å². The Morgan fingerprint density at radius 2 is 2.28 bits per heavy atom. The van der Waals surface area contributed by atoms with Crippen molar-refractivity contribution < 1.29 is 19.1 Å². The topological polar surface area (TPSA) is 59.7 Å². The van der Waals surface area contributed by atoms with Gasteiger partial charge in [-0.05, 0) is 48.6 Å². The fourth-order valence-electron chi connectivity index (χ4n) is 4.66. The average Bonchev–Trinajstić information content (AvgIpc) is 3.05. The zero-order valence-electron chi connectivity index (χ0n) is 15.3. The van der Waals surface area contributed by atoms with Gasteiger partial charge in [-0.15, -0.1) is 0 Å². The van der Waals surface area contributed by atoms with Crippen LogP contribution < -0.4 is 0 Å². The second-order valence-corrected chi connectivity index (χ2v) is 7.90. The second-order valence-electron chi connectivity index (χ2n) is 7.90. The maximum absolute atomic E-state index is 12.0. The highest BCUT2D eigenvalue weighted by atomic mass is 16.5. The third-order valence-electron chi connectivity index (χ3n) is 6.50. The predicted molar refractivity (Wildman–Crippen MR) is 95.8 cm³/mol. The van der Waals surface area contributed by atoms with Crippen LogP contribution in [0.15, 0.2) is 46.8 Å². The lowest BCUT2D eigenvalue weighted by Gasteiger charge is -2.53. The molecule has 4 heteroatoms. The van der Waals surface area contributed by atoms with Crippen LogP contribution in [0.1, 0.15) is 45.1 Å². The molecule has 0 amide bonds. The first-order chi connectivity index (χ1) is 11.9. The summed E-state index contributed by atoms with van der Waals surface area (Å²) in [6.45, 7) is 4.56. The molecule has 0 radical (unpaired) electrons. The zero-order valence-corrected chi connectivity index (χ0v) is 15.3. The highest BCUT2D eigenvalue weighted by Crippen LogP contribution is 2.55. The van der Waals surface area contributed by atoms with E-state index >= 15 is 0 Å². The van der Waals surface area contributed by atoms with Crippen molar-refractivity contribution in [3.63, 3.8) is 0 Å². The summed E-state index contributed by atoms with van der Waals surface area (Å²) >= 11 is 0. The third kappa shape index (κ3) is 3.32. The number of aryl methyl sites for hydroxylation is 1. The Morgan fingerprint density at radius 3 is 2.96 bits per heavy atom. The number of carbonyl (C=O) groups is 1. The molecular formula is C21H28O4. The summed E-state index contributed by atoms with van der Waals surface area (Å²) in [6.07, 6.45) is 13.2. The number of aliphatic hydroxyl groups is 1. The van der Waals surface area contributed by atoms with Gasteiger partial charge in [0.2, 0.25) is 0 Å². The number of fused-ring (bicyclic) bond motifs is 1. The van der Waals surface area contributed by atoms with Crippen molar-refractivity contribution in [3.8, 4) is 0 Å². The maximum atomic E-state index is 12.0. The van der Waals surface area contributed by atoms with Gasteiger partial charge in [0.25, 0.3) is 0 Å². The Balaban J connectivity index is 1.86. The molecule has 1 heterocycles. The van der Waals surface area contributed by atoms with Crippen LogP contribution in [0.4, 0.5) is 0 Å². The lowest BCUT2D eigenvalue weighted by molar-refractivity contribution is -0.139. The molecule has 1 aromatic rings. The van der Waals surface area contributed by atoms with E-state index in [1.165, 1.54) is 12.7 Å². The van der Waals surface area contributed by atoms with E-state index in [0.717, 1.165) is 19.3 Å². The predicted octanol–water partition coefficient (Wildman–Crippen LogP) is 4.06. The summed E-state index contributed by atoms with van der Waals surface area (Å²) in [4.78, 5) is 12.0. The molecule has 4 atom stereocenters. The summed E-state index contributed by atoms with van der Waals surface area (Å²) in [7, 11) is 1.39. The lowest BCUT2D eigenvalue weighted by Crippen LogP contribution is -2.53. The van der Waals surface area contributed by atoms with Gasteiger partial charge >= 0.3 is 5.97 Å². The molecule has 1 saturated carbocycles. The number of esters is 1. The van der Waals surface area contributed by atoms with Crippen LogP contribution in [-0.2, 0) is 16.0 Å². The van der Waals surface area contributed by atoms with E-state index in [1.54, 1.807) is 18.6 Å². The van der Waals surface area contributed by atoms with Crippen molar-refractivity contribution in [2.24, 2.45) is 17.3 Å². The van der Waals surface area contributed by atoms with Gasteiger partial charge in [-0.1, -0.05) is 32.1 Å². The van der Waals surface area contributed by atoms with Crippen molar-refractivity contribution in [2.45, 2.75) is 51.6 Å². The van der Waals surface area contributed by atoms with E-state index < -0.39 is 5.60 Å². The highest BCUT2D eigenvalue weighted by molar-refractivity contribution is 5.89. The van der Waals surface area contributed by atoms with Gasteiger partial charge in [-0.25, -0.2) is 4.79 Å². The molecule has 2 aliphatic rings. The van der Waals surface area contributed by atoms with Crippen LogP contribution in [0.5, 0.6) is 0 Å². The maximum Gasteiger partial charge on any atom is 0.333 e. The molecule has 3 rings (SSSR count). The number of allylic oxidation sites excluding steroid dienone is 2. The molecule has 2 aliphatic carbocycles. The summed E-state index contributed by atoms with van der Waals surface area (Å²) in [5, 5.41) is 11.5. The Bertz CT molecular complexity index is 672. The molecule has 0 unspecified atom stereocenters. The molecule has 136 valence electrons. The Hall–Kier alpha value is -1.81. The van der Waals surface area contributed by atoms with Gasteiger partial charge in [0, 0.05) is 17.9 Å². The number of methoxy groups -OCH3 is 1. The van der Waals surface area contributed by atoms with Gasteiger partial charge in [0.05, 0.1) is 25.2 Å². The third-order valence-corrected chi connectivity index (χ3v) is 6.50. The van der Waals surface area contributed by atoms with E-state index in [9.17, 15) is 9.90 Å². The first-order valence-corrected chi connectivity index (χ1v) is 9.08. The van der Waals surface area contributed by atoms with Gasteiger partial charge in [0.1, 0.15) is 0 Å². The van der Waals surface area contributed by atoms with E-state index in [1.807, 2.05) is 12.1 Å². The zero-order chi connectivity index (χ0) is 18.1. The number of ether oxygens (including phenoxy) is 1. The number of carbonyl (C=O) groups excluding carboxylic acids is 1. The molecule has 0 aliphatic heterocycles. The first kappa shape index (κ1) is 18.0. The number of rotatable bonds is 4. The van der Waals surface area contributed by atoms with Gasteiger partial charge < -0.3 is 14.3 Å². The van der Waals surface area contributed by atoms with Crippen LogP contribution in [0.3, 0.4) is 0 Å². The molecule has 4 nitrogen and oxygen atoms in total. The van der Waals surface area contributed by atoms with Gasteiger partial charge in [-0.2, -0.15) is 0 Å². The minimum atomic E-state index is -0.898. The molecule has 25 heavy (non-hydrogen) atoms. The number of hydrogen-bond acceptors (Lipinski definition) is 4. The van der Waals surface area contributed by atoms with Crippen molar-refractivity contribution in [1.29, 1.82) is 0 Å². The molecular weight excluding hydrogens is 316 g/mol. The van der Waals surface area contributed by atoms with E-state index in [2.05, 4.69) is 19.9 Å². The van der Waals surface area contributed by atoms with E-state index in [0.29, 0.717) is 24.3 Å². The summed E-state index contributed by atoms with van der Waals surface area (Å²) in [5.41, 5.74) is 0.800. The second kappa shape index (κ2) is 6.83. The molecule has 0 bridgehead atoms. The highest BCUT2D eigenvalue weighted by Gasteiger charge is 2.53. The minimum absolute atomic E-state index is 0.00839. The fourth-order valence-corrected chi connectivity index (χ4v) is 4.66. The number of hydrogen-bond donors (Lipinski definition) is 1. The number of furan rings is 1. The van der Waals surface area contributed by atoms with Gasteiger partial charge in [0.15, 0.2) is 0 Å². The van der Waals surface area contributed by atoms with Crippen LogP contribution in [0, 0.1) is 17.3 Å². The fraction of sp³-hybridized carbons (Fsp3) is 0.571. The molecule has 0 aromatic carbocycles. The molecule has 1 fully saturated rings. The van der Waals surface area contributed by atoms with Crippen LogP contribution in [0.2, 0.25) is 0 Å². The van der Waals surface area contributed by atoms with Crippen molar-refractivity contribution in [3.05, 3.63) is 48.0 Å². The monoisotopic (exact) mass is 344 g/mol. The van der Waals surface area contributed by atoms with Crippen molar-refractivity contribution in [1.82, 2.24) is 0 Å². The molecule has 0 spiro atoms. The quantitative estimate of drug-likeness (QED) is 0.837. The van der Waals surface area contributed by atoms with Crippen molar-refractivity contribution >= 4 is 5.97 Å². The standard InChI is InChI=1S/C21H28O4/c1-15-7-11-21(23)13-17(19(22)24-3)5-4-6-18(21)20(15,2)10-8-16-9-12-25-14-16/h4-6,9,12,14-15,18,23H,7-8,10-11,13H2,1-3H3/t15-,18-,20+,21-/m1/s1. The summed E-state index contributed by atoms with van der Waals surface area (Å²) in [6, 6.07) is 2.00. The summed E-state index contributed by atoms with van der Waals surface area (Å²) < 4.78 is 10.1. The van der Waals surface area contributed by atoms with Crippen LogP contribution >= 0.6 is 0 Å². The average molecular weight is 344 g/mol. The summed E-state index contributed by atoms with van der Waals surface area (Å²) in [5.74, 6) is 0.153. The Morgan fingerprint density at radius 1 is 1.48 bits per heavy atom. The van der Waals surface area contributed by atoms with E-state index in [-0.39, 0.29) is 17.3 Å². The molecule has 0 saturated heterocycles. The molecule has 1 N–H and O–H groups in total. The van der Waals surface area contributed by atoms with E-state index in [4.69, 9.17) is 9.15 Å². The SMILES string of the molecule is COC(=O)C1=CC=C[C@H]2[C@@](O)(CC[C@@H](C)[C@]2(C)CCc2ccoc2)C1. The minimum Gasteiger partial charge on any atom is -0.472 e.